The van der Waals surface area contributed by atoms with E-state index in [1.807, 2.05) is 32.1 Å². The van der Waals surface area contributed by atoms with Crippen molar-refractivity contribution in [3.05, 3.63) is 47.4 Å². The number of carbonyl (C=O) groups excluding carboxylic acids is 4. The zero-order chi connectivity index (χ0) is 40.8. The largest absolute Gasteiger partial charge is 0.483 e. The predicted octanol–water partition coefficient (Wildman–Crippen LogP) is 7.32. The topological polar surface area (TPSA) is 161 Å². The number of allylic oxidation sites excluding steroid dienone is 2. The molecular formula is C45H59FN4O8S. The molecule has 0 bridgehead atoms. The van der Waals surface area contributed by atoms with Crippen molar-refractivity contribution < 1.29 is 41.5 Å². The van der Waals surface area contributed by atoms with Gasteiger partial charge in [0.2, 0.25) is 21.8 Å². The van der Waals surface area contributed by atoms with Gasteiger partial charge in [0.05, 0.1) is 28.4 Å². The highest BCUT2D eigenvalue weighted by Gasteiger charge is 2.63. The van der Waals surface area contributed by atoms with Crippen LogP contribution < -0.4 is 14.8 Å². The van der Waals surface area contributed by atoms with Gasteiger partial charge in [-0.2, -0.15) is 0 Å². The second-order valence-corrected chi connectivity index (χ2v) is 21.2. The van der Waals surface area contributed by atoms with Crippen LogP contribution in [0.4, 0.5) is 9.18 Å². The molecule has 320 valence electrons. The number of amides is 3. The van der Waals surface area contributed by atoms with Crippen LogP contribution in [0.1, 0.15) is 142 Å². The molecule has 1 spiro atoms. The second kappa shape index (κ2) is 14.8. The summed E-state index contributed by atoms with van der Waals surface area (Å²) in [6.45, 7) is 5.70. The van der Waals surface area contributed by atoms with Crippen LogP contribution in [0.3, 0.4) is 0 Å². The normalized spacial score (nSPS) is 31.3. The van der Waals surface area contributed by atoms with E-state index in [1.165, 1.54) is 6.07 Å². The van der Waals surface area contributed by atoms with E-state index >= 15 is 4.39 Å². The summed E-state index contributed by atoms with van der Waals surface area (Å²) in [5.41, 5.74) is -0.950. The first-order chi connectivity index (χ1) is 27.6. The summed E-state index contributed by atoms with van der Waals surface area (Å²) < 4.78 is 56.0. The monoisotopic (exact) mass is 834 g/mol. The van der Waals surface area contributed by atoms with Gasteiger partial charge >= 0.3 is 6.09 Å². The molecule has 3 amide bonds. The van der Waals surface area contributed by atoms with Gasteiger partial charge in [0.1, 0.15) is 34.3 Å². The third-order valence-corrected chi connectivity index (χ3v) is 16.7. The first kappa shape index (κ1) is 41.7. The van der Waals surface area contributed by atoms with Crippen molar-refractivity contribution >= 4 is 44.6 Å². The Morgan fingerprint density at radius 3 is 2.49 bits per heavy atom. The maximum Gasteiger partial charge on any atom is 0.408 e. The minimum atomic E-state index is -3.97. The number of hydrogen-bond acceptors (Lipinski definition) is 9. The molecule has 2 N–H and O–H groups in total. The average Bonchev–Trinajstić information content (AvgIpc) is 3.98. The molecule has 4 saturated carbocycles. The maximum atomic E-state index is 15.1. The number of para-hydroxylation sites is 1. The van der Waals surface area contributed by atoms with Crippen molar-refractivity contribution in [3.63, 3.8) is 0 Å². The van der Waals surface area contributed by atoms with Gasteiger partial charge in [0.15, 0.2) is 5.78 Å². The molecule has 9 rings (SSSR count). The van der Waals surface area contributed by atoms with Gasteiger partial charge in [-0.25, -0.2) is 22.6 Å². The van der Waals surface area contributed by atoms with E-state index in [2.05, 4.69) is 10.0 Å². The average molecular weight is 835 g/mol. The highest BCUT2D eigenvalue weighted by atomic mass is 32.2. The summed E-state index contributed by atoms with van der Waals surface area (Å²) in [6.07, 6.45) is 12.0. The second-order valence-electron chi connectivity index (χ2n) is 19.1. The highest BCUT2D eigenvalue weighted by molar-refractivity contribution is 7.91. The SMILES string of the molecule is C.CC(C)C1(OC(=O)N[C@H]2CCCCC/C=C\[C@@H]3C[C@@]3(C(=O)NS(=O)(=O)C3(C)CC3)CC(=O)[C@@H]3C[C@]4(CCc5c(c(C6CC6)nc6c(F)cccc56)O4)CN3C2=O)CC1. The molecule has 12 nitrogen and oxygen atoms in total. The van der Waals surface area contributed by atoms with E-state index in [4.69, 9.17) is 14.5 Å². The molecule has 0 unspecified atom stereocenters. The van der Waals surface area contributed by atoms with Gasteiger partial charge in [0.25, 0.3) is 0 Å². The fraction of sp³-hybridized carbons (Fsp3) is 0.667. The number of benzene rings is 1. The summed E-state index contributed by atoms with van der Waals surface area (Å²) in [5, 5.41) is 3.58. The number of hydrogen-bond donors (Lipinski definition) is 2. The lowest BCUT2D eigenvalue weighted by molar-refractivity contribution is -0.140. The molecule has 7 aliphatic rings. The molecule has 1 saturated heterocycles. The molecule has 2 aromatic rings. The quantitative estimate of drug-likeness (QED) is 0.273. The van der Waals surface area contributed by atoms with Crippen molar-refractivity contribution in [2.24, 2.45) is 17.3 Å². The van der Waals surface area contributed by atoms with Gasteiger partial charge in [0, 0.05) is 29.7 Å². The van der Waals surface area contributed by atoms with Crippen molar-refractivity contribution in [1.82, 2.24) is 19.9 Å². The number of nitrogens with zero attached hydrogens (tertiary/aromatic N) is 2. The number of fused-ring (bicyclic) bond motifs is 5. The zero-order valence-corrected chi connectivity index (χ0v) is 34.6. The third-order valence-electron chi connectivity index (χ3n) is 14.5. The number of rotatable bonds is 7. The fourth-order valence-electron chi connectivity index (χ4n) is 9.79. The van der Waals surface area contributed by atoms with E-state index in [-0.39, 0.29) is 50.4 Å². The fourth-order valence-corrected chi connectivity index (χ4v) is 11.1. The van der Waals surface area contributed by atoms with Crippen LogP contribution in [0.2, 0.25) is 0 Å². The van der Waals surface area contributed by atoms with E-state index in [9.17, 15) is 27.6 Å². The number of halogens is 1. The van der Waals surface area contributed by atoms with Crippen LogP contribution in [0, 0.1) is 23.1 Å². The van der Waals surface area contributed by atoms with Gasteiger partial charge in [-0.15, -0.1) is 0 Å². The van der Waals surface area contributed by atoms with Crippen molar-refractivity contribution in [1.29, 1.82) is 0 Å². The lowest BCUT2D eigenvalue weighted by Crippen LogP contribution is -2.53. The van der Waals surface area contributed by atoms with Crippen LogP contribution in [-0.2, 0) is 35.6 Å². The molecule has 5 fully saturated rings. The zero-order valence-electron chi connectivity index (χ0n) is 33.7. The van der Waals surface area contributed by atoms with Gasteiger partial charge in [-0.3, -0.25) is 19.1 Å². The van der Waals surface area contributed by atoms with E-state index in [0.717, 1.165) is 50.5 Å². The number of nitrogens with one attached hydrogen (secondary N) is 2. The number of pyridine rings is 1. The van der Waals surface area contributed by atoms with Gasteiger partial charge < -0.3 is 19.7 Å². The van der Waals surface area contributed by atoms with Crippen LogP contribution >= 0.6 is 0 Å². The standard InChI is InChI=1S/C44H55FN4O8S.CH4/c1-26(2)44(20-21-44)57-40(53)46-32-13-8-6-4-5-7-10-28-22-43(28,39(52)48-58(54,55)41(3)18-19-41)24-34(50)33-23-42(25-49(33)38(32)51)17-16-30-29-11-9-12-31(45)36(29)47-35(27-14-15-27)37(30)56-42;/h7,9-12,26-28,32-33H,4-6,8,13-25H2,1-3H3,(H,46,53)(H,48,52);1H4/b10-7-;/t28-,32+,33+,42-,43-;/m1./s1. The molecule has 59 heavy (non-hydrogen) atoms. The highest BCUT2D eigenvalue weighted by Crippen LogP contribution is 2.58. The van der Waals surface area contributed by atoms with Crippen molar-refractivity contribution in [3.8, 4) is 5.75 Å². The number of sulfonamides is 1. The molecule has 14 heteroatoms. The molecular weight excluding hydrogens is 776 g/mol. The number of ether oxygens (including phenoxy) is 2. The first-order valence-electron chi connectivity index (χ1n) is 21.4. The number of aryl methyl sites for hydroxylation is 1. The Morgan fingerprint density at radius 2 is 1.80 bits per heavy atom. The van der Waals surface area contributed by atoms with E-state index in [0.29, 0.717) is 67.3 Å². The Kier molecular flexibility index (Phi) is 10.5. The van der Waals surface area contributed by atoms with E-state index < -0.39 is 67.2 Å². The molecule has 1 aromatic heterocycles. The van der Waals surface area contributed by atoms with Gasteiger partial charge in [-0.1, -0.05) is 58.4 Å². The smallest absolute Gasteiger partial charge is 0.408 e. The number of ketones is 1. The number of carbonyl (C=O) groups is 4. The lowest BCUT2D eigenvalue weighted by Gasteiger charge is -2.37. The molecule has 5 atom stereocenters. The van der Waals surface area contributed by atoms with Crippen molar-refractivity contribution in [2.75, 3.05) is 6.54 Å². The Bertz CT molecular complexity index is 2210. The Hall–Kier alpha value is -4.07. The third kappa shape index (κ3) is 7.53. The molecule has 3 aliphatic heterocycles. The van der Waals surface area contributed by atoms with Gasteiger partial charge in [-0.05, 0) is 102 Å². The number of Topliss-reactive ketones (excluding diaryl/α,β-unsaturated/α-hetero) is 1. The molecule has 4 heterocycles. The lowest BCUT2D eigenvalue weighted by atomic mass is 9.85. The minimum absolute atomic E-state index is 0. The summed E-state index contributed by atoms with van der Waals surface area (Å²) in [4.78, 5) is 63.8. The Morgan fingerprint density at radius 1 is 1.03 bits per heavy atom. The number of alkyl carbamates (subject to hydrolysis) is 1. The summed E-state index contributed by atoms with van der Waals surface area (Å²) in [7, 11) is -3.97. The Balaban J connectivity index is 0.00000484. The molecule has 4 aliphatic carbocycles. The van der Waals surface area contributed by atoms with Crippen LogP contribution in [0.25, 0.3) is 10.9 Å². The Labute approximate surface area is 346 Å². The van der Waals surface area contributed by atoms with Crippen LogP contribution in [-0.4, -0.2) is 76.6 Å². The van der Waals surface area contributed by atoms with E-state index in [1.54, 1.807) is 17.9 Å². The molecule has 0 radical (unpaired) electrons. The summed E-state index contributed by atoms with van der Waals surface area (Å²) >= 11 is 0. The van der Waals surface area contributed by atoms with Crippen LogP contribution in [0.5, 0.6) is 5.75 Å². The number of aromatic nitrogens is 1. The summed E-state index contributed by atoms with van der Waals surface area (Å²) in [5.74, 6) is -1.34. The van der Waals surface area contributed by atoms with Crippen molar-refractivity contribution in [2.45, 2.75) is 165 Å². The predicted molar refractivity (Wildman–Crippen MR) is 220 cm³/mol. The summed E-state index contributed by atoms with van der Waals surface area (Å²) in [6, 6.07) is 2.95. The minimum Gasteiger partial charge on any atom is -0.483 e. The molecule has 1 aromatic carbocycles. The first-order valence-corrected chi connectivity index (χ1v) is 22.9. The maximum absolute atomic E-state index is 15.1. The van der Waals surface area contributed by atoms with Crippen LogP contribution in [0.15, 0.2) is 30.4 Å².